The second kappa shape index (κ2) is 5.68. The molecule has 4 heteroatoms. The van der Waals surface area contributed by atoms with Gasteiger partial charge in [-0.1, -0.05) is 6.92 Å². The highest BCUT2D eigenvalue weighted by Gasteiger charge is 2.05. The fraction of sp³-hybridized carbons (Fsp3) is 0.556. The van der Waals surface area contributed by atoms with Crippen molar-refractivity contribution in [2.24, 2.45) is 0 Å². The molecule has 1 aromatic rings. The van der Waals surface area contributed by atoms with E-state index in [4.69, 9.17) is 5.26 Å². The molecule has 0 bridgehead atoms. The van der Waals surface area contributed by atoms with Crippen LogP contribution in [0.15, 0.2) is 11.6 Å². The quantitative estimate of drug-likeness (QED) is 0.673. The molecule has 13 heavy (non-hydrogen) atoms. The predicted octanol–water partition coefficient (Wildman–Crippen LogP) is 1.88. The van der Waals surface area contributed by atoms with Crippen LogP contribution in [0.3, 0.4) is 0 Å². The number of hydrogen-bond donors (Lipinski definition) is 0. The lowest BCUT2D eigenvalue weighted by Gasteiger charge is -2.15. The highest BCUT2D eigenvalue weighted by molar-refractivity contribution is 7.09. The number of thiazole rings is 1. The number of nitriles is 1. The first kappa shape index (κ1) is 10.2. The molecule has 0 saturated heterocycles. The van der Waals surface area contributed by atoms with E-state index in [9.17, 15) is 0 Å². The maximum absolute atomic E-state index is 8.58. The largest absolute Gasteiger partial charge is 0.284 e. The van der Waals surface area contributed by atoms with Crippen molar-refractivity contribution in [3.05, 3.63) is 16.6 Å². The van der Waals surface area contributed by atoms with E-state index in [1.54, 1.807) is 17.5 Å². The maximum Gasteiger partial charge on any atom is 0.107 e. The highest BCUT2D eigenvalue weighted by atomic mass is 32.1. The van der Waals surface area contributed by atoms with E-state index in [1.807, 2.05) is 5.38 Å². The summed E-state index contributed by atoms with van der Waals surface area (Å²) in [5.74, 6) is 0. The fourth-order valence-electron chi connectivity index (χ4n) is 1.15. The Balaban J connectivity index is 2.43. The molecule has 0 aliphatic rings. The second-order valence-electron chi connectivity index (χ2n) is 2.79. The van der Waals surface area contributed by atoms with Crippen molar-refractivity contribution in [1.82, 2.24) is 9.88 Å². The lowest BCUT2D eigenvalue weighted by molar-refractivity contribution is 0.298. The molecule has 0 atom stereocenters. The first-order valence-electron chi connectivity index (χ1n) is 4.34. The van der Waals surface area contributed by atoms with Gasteiger partial charge in [-0.05, 0) is 13.0 Å². The average Bonchev–Trinajstić information content (AvgIpc) is 2.58. The molecular weight excluding hydrogens is 182 g/mol. The molecule has 1 heterocycles. The summed E-state index contributed by atoms with van der Waals surface area (Å²) in [6, 6.07) is 2.17. The fourth-order valence-corrected chi connectivity index (χ4v) is 1.81. The molecule has 0 N–H and O–H groups in total. The lowest BCUT2D eigenvalue weighted by Crippen LogP contribution is -2.24. The van der Waals surface area contributed by atoms with Crippen molar-refractivity contribution in [3.63, 3.8) is 0 Å². The minimum atomic E-state index is 0.493. The first-order valence-corrected chi connectivity index (χ1v) is 5.22. The van der Waals surface area contributed by atoms with Crippen molar-refractivity contribution in [2.45, 2.75) is 19.9 Å². The molecule has 70 valence electrons. The lowest BCUT2D eigenvalue weighted by atomic mass is 10.4. The Morgan fingerprint density at radius 2 is 2.54 bits per heavy atom. The van der Waals surface area contributed by atoms with Crippen LogP contribution < -0.4 is 0 Å². The third-order valence-electron chi connectivity index (χ3n) is 1.68. The van der Waals surface area contributed by atoms with Gasteiger partial charge in [-0.3, -0.25) is 4.90 Å². The smallest absolute Gasteiger partial charge is 0.107 e. The van der Waals surface area contributed by atoms with E-state index in [1.165, 1.54) is 0 Å². The zero-order valence-electron chi connectivity index (χ0n) is 7.73. The van der Waals surface area contributed by atoms with E-state index >= 15 is 0 Å². The van der Waals surface area contributed by atoms with Gasteiger partial charge in [0.2, 0.25) is 0 Å². The Bertz CT molecular complexity index is 263. The highest BCUT2D eigenvalue weighted by Crippen LogP contribution is 2.07. The Kier molecular flexibility index (Phi) is 4.44. The van der Waals surface area contributed by atoms with Crippen molar-refractivity contribution in [2.75, 3.05) is 13.1 Å². The summed E-state index contributed by atoms with van der Waals surface area (Å²) in [6.07, 6.45) is 2.88. The summed E-state index contributed by atoms with van der Waals surface area (Å²) >= 11 is 1.64. The van der Waals surface area contributed by atoms with Gasteiger partial charge in [0.25, 0.3) is 0 Å². The molecule has 0 aliphatic carbocycles. The third kappa shape index (κ3) is 3.53. The number of rotatable bonds is 5. The molecule has 0 amide bonds. The Labute approximate surface area is 82.6 Å². The van der Waals surface area contributed by atoms with Gasteiger partial charge in [0.05, 0.1) is 19.2 Å². The van der Waals surface area contributed by atoms with Gasteiger partial charge in [-0.2, -0.15) is 5.26 Å². The Hall–Kier alpha value is -0.920. The van der Waals surface area contributed by atoms with E-state index in [-0.39, 0.29) is 0 Å². The van der Waals surface area contributed by atoms with Crippen LogP contribution in [0.25, 0.3) is 0 Å². The molecule has 1 rings (SSSR count). The van der Waals surface area contributed by atoms with Crippen LogP contribution in [-0.2, 0) is 6.54 Å². The topological polar surface area (TPSA) is 39.9 Å². The van der Waals surface area contributed by atoms with Crippen LogP contribution in [0.2, 0.25) is 0 Å². The molecule has 0 unspecified atom stereocenters. The summed E-state index contributed by atoms with van der Waals surface area (Å²) in [5, 5.41) is 11.6. The average molecular weight is 195 g/mol. The van der Waals surface area contributed by atoms with Crippen molar-refractivity contribution >= 4 is 11.3 Å². The van der Waals surface area contributed by atoms with Gasteiger partial charge in [0, 0.05) is 11.6 Å². The van der Waals surface area contributed by atoms with Crippen molar-refractivity contribution in [3.8, 4) is 6.07 Å². The normalized spacial score (nSPS) is 10.2. The standard InChI is InChI=1S/C9H13N3S/c1-2-5-12(6-3-10)8-9-11-4-7-13-9/h4,7H,2,5-6,8H2,1H3. The zero-order chi connectivity index (χ0) is 9.52. The minimum Gasteiger partial charge on any atom is -0.284 e. The van der Waals surface area contributed by atoms with E-state index in [0.29, 0.717) is 6.54 Å². The molecule has 3 nitrogen and oxygen atoms in total. The number of hydrogen-bond acceptors (Lipinski definition) is 4. The molecule has 0 aromatic carbocycles. The van der Waals surface area contributed by atoms with Crippen LogP contribution >= 0.6 is 11.3 Å². The molecule has 0 aliphatic heterocycles. The summed E-state index contributed by atoms with van der Waals surface area (Å²) < 4.78 is 0. The number of nitrogens with zero attached hydrogens (tertiary/aromatic N) is 3. The van der Waals surface area contributed by atoms with Gasteiger partial charge >= 0.3 is 0 Å². The van der Waals surface area contributed by atoms with Gasteiger partial charge in [-0.15, -0.1) is 11.3 Å². The second-order valence-corrected chi connectivity index (χ2v) is 3.77. The monoisotopic (exact) mass is 195 g/mol. The molecule has 1 aromatic heterocycles. The van der Waals surface area contributed by atoms with Crippen LogP contribution in [0, 0.1) is 11.3 Å². The molecular formula is C9H13N3S. The van der Waals surface area contributed by atoms with E-state index in [2.05, 4.69) is 22.9 Å². The van der Waals surface area contributed by atoms with Gasteiger partial charge in [0.1, 0.15) is 5.01 Å². The molecule has 0 spiro atoms. The Morgan fingerprint density at radius 1 is 1.69 bits per heavy atom. The predicted molar refractivity (Wildman–Crippen MR) is 53.3 cm³/mol. The summed E-state index contributed by atoms with van der Waals surface area (Å²) in [4.78, 5) is 6.30. The summed E-state index contributed by atoms with van der Waals surface area (Å²) in [5.41, 5.74) is 0. The van der Waals surface area contributed by atoms with Crippen LogP contribution in [-0.4, -0.2) is 23.0 Å². The van der Waals surface area contributed by atoms with Crippen LogP contribution in [0.5, 0.6) is 0 Å². The van der Waals surface area contributed by atoms with E-state index < -0.39 is 0 Å². The minimum absolute atomic E-state index is 0.493. The first-order chi connectivity index (χ1) is 6.36. The number of aromatic nitrogens is 1. The summed E-state index contributed by atoms with van der Waals surface area (Å²) in [7, 11) is 0. The molecule has 0 saturated carbocycles. The van der Waals surface area contributed by atoms with Crippen molar-refractivity contribution < 1.29 is 0 Å². The maximum atomic E-state index is 8.58. The van der Waals surface area contributed by atoms with E-state index in [0.717, 1.165) is 24.5 Å². The summed E-state index contributed by atoms with van der Waals surface area (Å²) in [6.45, 7) is 4.38. The molecule has 0 radical (unpaired) electrons. The van der Waals surface area contributed by atoms with Crippen LogP contribution in [0.4, 0.5) is 0 Å². The van der Waals surface area contributed by atoms with Gasteiger partial charge in [0.15, 0.2) is 0 Å². The van der Waals surface area contributed by atoms with Gasteiger partial charge in [-0.25, -0.2) is 4.98 Å². The Morgan fingerprint density at radius 3 is 3.08 bits per heavy atom. The van der Waals surface area contributed by atoms with Crippen LogP contribution in [0.1, 0.15) is 18.4 Å². The zero-order valence-corrected chi connectivity index (χ0v) is 8.55. The van der Waals surface area contributed by atoms with Gasteiger partial charge < -0.3 is 0 Å². The third-order valence-corrected chi connectivity index (χ3v) is 2.44. The molecule has 0 fully saturated rings. The van der Waals surface area contributed by atoms with Crippen molar-refractivity contribution in [1.29, 1.82) is 5.26 Å². The SMILES string of the molecule is CCCN(CC#N)Cc1nccs1.